The van der Waals surface area contributed by atoms with Gasteiger partial charge >= 0.3 is 5.97 Å². The summed E-state index contributed by atoms with van der Waals surface area (Å²) in [5.74, 6) is -0.809. The van der Waals surface area contributed by atoms with Gasteiger partial charge in [0.25, 0.3) is 0 Å². The number of carboxylic acid groups (broad SMARTS) is 1. The van der Waals surface area contributed by atoms with E-state index in [1.54, 1.807) is 19.5 Å². The largest absolute Gasteiger partial charge is 0.480 e. The summed E-state index contributed by atoms with van der Waals surface area (Å²) in [7, 11) is 1.61. The van der Waals surface area contributed by atoms with Crippen LogP contribution < -0.4 is 4.90 Å². The first-order valence-corrected chi connectivity index (χ1v) is 5.14. The Labute approximate surface area is 93.7 Å². The lowest BCUT2D eigenvalue weighted by molar-refractivity contribution is -0.138. The van der Waals surface area contributed by atoms with Crippen LogP contribution >= 0.6 is 0 Å². The van der Waals surface area contributed by atoms with Crippen LogP contribution in [-0.4, -0.2) is 41.9 Å². The number of hydrogen-bond acceptors (Lipinski definition) is 4. The van der Waals surface area contributed by atoms with Crippen molar-refractivity contribution in [2.24, 2.45) is 0 Å². The van der Waals surface area contributed by atoms with Gasteiger partial charge in [0, 0.05) is 38.2 Å². The lowest BCUT2D eigenvalue weighted by Crippen LogP contribution is -2.35. The van der Waals surface area contributed by atoms with Crippen LogP contribution in [0.25, 0.3) is 0 Å². The van der Waals surface area contributed by atoms with E-state index in [9.17, 15) is 4.79 Å². The molecule has 0 spiro atoms. The molecule has 1 N–H and O–H groups in total. The molecule has 86 valence electrons. The molecule has 1 aliphatic heterocycles. The highest BCUT2D eigenvalue weighted by atomic mass is 16.5. The van der Waals surface area contributed by atoms with E-state index in [0.29, 0.717) is 13.0 Å². The van der Waals surface area contributed by atoms with Gasteiger partial charge in [-0.2, -0.15) is 0 Å². The summed E-state index contributed by atoms with van der Waals surface area (Å²) >= 11 is 0. The Bertz CT molecular complexity index is 369. The van der Waals surface area contributed by atoms with Crippen molar-refractivity contribution in [2.45, 2.75) is 18.6 Å². The lowest BCUT2D eigenvalue weighted by atomic mass is 10.2. The summed E-state index contributed by atoms with van der Waals surface area (Å²) in [6.45, 7) is 0.609. The van der Waals surface area contributed by atoms with Crippen LogP contribution in [-0.2, 0) is 9.53 Å². The van der Waals surface area contributed by atoms with E-state index in [2.05, 4.69) is 4.98 Å². The van der Waals surface area contributed by atoms with E-state index in [4.69, 9.17) is 9.84 Å². The number of hydrogen-bond donors (Lipinski definition) is 1. The first-order valence-electron chi connectivity index (χ1n) is 5.14. The van der Waals surface area contributed by atoms with Crippen LogP contribution in [0.4, 0.5) is 5.69 Å². The predicted molar refractivity (Wildman–Crippen MR) is 58.4 cm³/mol. The van der Waals surface area contributed by atoms with Crippen molar-refractivity contribution in [2.75, 3.05) is 18.6 Å². The number of anilines is 1. The number of methoxy groups -OCH3 is 1. The molecule has 0 aromatic carbocycles. The Morgan fingerprint density at radius 1 is 1.56 bits per heavy atom. The van der Waals surface area contributed by atoms with Gasteiger partial charge in [-0.15, -0.1) is 0 Å². The molecule has 2 heterocycles. The molecule has 1 aromatic rings. The van der Waals surface area contributed by atoms with Gasteiger partial charge in [-0.1, -0.05) is 0 Å². The molecule has 5 nitrogen and oxygen atoms in total. The zero-order chi connectivity index (χ0) is 11.5. The van der Waals surface area contributed by atoms with E-state index >= 15 is 0 Å². The molecule has 1 saturated heterocycles. The van der Waals surface area contributed by atoms with Crippen molar-refractivity contribution in [3.63, 3.8) is 0 Å². The highest BCUT2D eigenvalue weighted by molar-refractivity contribution is 5.79. The summed E-state index contributed by atoms with van der Waals surface area (Å²) in [5.41, 5.74) is 0.877. The number of ether oxygens (including phenoxy) is 1. The van der Waals surface area contributed by atoms with Crippen LogP contribution in [0.1, 0.15) is 6.42 Å². The summed E-state index contributed by atoms with van der Waals surface area (Å²) in [4.78, 5) is 16.9. The second-order valence-corrected chi connectivity index (χ2v) is 3.81. The van der Waals surface area contributed by atoms with Gasteiger partial charge in [-0.3, -0.25) is 4.98 Å². The van der Waals surface area contributed by atoms with Crippen molar-refractivity contribution in [3.8, 4) is 0 Å². The lowest BCUT2D eigenvalue weighted by Gasteiger charge is -2.22. The van der Waals surface area contributed by atoms with Crippen molar-refractivity contribution in [1.82, 2.24) is 4.98 Å². The number of rotatable bonds is 3. The third-order valence-corrected chi connectivity index (χ3v) is 2.88. The fraction of sp³-hybridized carbons (Fsp3) is 0.455. The number of carbonyl (C=O) groups is 1. The number of aromatic nitrogens is 1. The topological polar surface area (TPSA) is 62.7 Å². The molecule has 0 bridgehead atoms. The van der Waals surface area contributed by atoms with Crippen molar-refractivity contribution in [1.29, 1.82) is 0 Å². The molecule has 1 aromatic heterocycles. The zero-order valence-corrected chi connectivity index (χ0v) is 9.04. The molecular formula is C11H14N2O3. The molecule has 1 fully saturated rings. The molecule has 16 heavy (non-hydrogen) atoms. The first kappa shape index (κ1) is 10.9. The van der Waals surface area contributed by atoms with E-state index in [1.165, 1.54) is 0 Å². The minimum atomic E-state index is -0.809. The second-order valence-electron chi connectivity index (χ2n) is 3.81. The summed E-state index contributed by atoms with van der Waals surface area (Å²) in [6, 6.07) is 3.12. The molecule has 2 unspecified atom stereocenters. The normalized spacial score (nSPS) is 24.7. The van der Waals surface area contributed by atoms with Crippen LogP contribution in [0.5, 0.6) is 0 Å². The van der Waals surface area contributed by atoms with Crippen LogP contribution in [0.15, 0.2) is 24.5 Å². The minimum Gasteiger partial charge on any atom is -0.480 e. The van der Waals surface area contributed by atoms with Crippen LogP contribution in [0.3, 0.4) is 0 Å². The average molecular weight is 222 g/mol. The van der Waals surface area contributed by atoms with Gasteiger partial charge < -0.3 is 14.7 Å². The maximum atomic E-state index is 11.1. The van der Waals surface area contributed by atoms with E-state index in [1.807, 2.05) is 17.0 Å². The van der Waals surface area contributed by atoms with Gasteiger partial charge in [-0.25, -0.2) is 4.79 Å². The molecular weight excluding hydrogens is 208 g/mol. The van der Waals surface area contributed by atoms with Crippen LogP contribution in [0, 0.1) is 0 Å². The maximum absolute atomic E-state index is 11.1. The van der Waals surface area contributed by atoms with Crippen molar-refractivity contribution >= 4 is 11.7 Å². The number of pyridine rings is 1. The van der Waals surface area contributed by atoms with Gasteiger partial charge in [0.05, 0.1) is 6.10 Å². The fourth-order valence-corrected chi connectivity index (χ4v) is 2.02. The maximum Gasteiger partial charge on any atom is 0.326 e. The Morgan fingerprint density at radius 2 is 2.25 bits per heavy atom. The Hall–Kier alpha value is -1.62. The minimum absolute atomic E-state index is 0.0192. The second kappa shape index (κ2) is 4.49. The molecule has 2 atom stereocenters. The standard InChI is InChI=1S/C11H14N2O3/c1-16-9-6-10(11(14)15)13(7-9)8-2-4-12-5-3-8/h2-5,9-10H,6-7H2,1H3,(H,14,15). The van der Waals surface area contributed by atoms with Gasteiger partial charge in [-0.05, 0) is 12.1 Å². The van der Waals surface area contributed by atoms with Gasteiger partial charge in [0.15, 0.2) is 0 Å². The molecule has 1 aliphatic rings. The summed E-state index contributed by atoms with van der Waals surface area (Å²) in [5, 5.41) is 9.15. The molecule has 0 saturated carbocycles. The number of nitrogens with zero attached hydrogens (tertiary/aromatic N) is 2. The van der Waals surface area contributed by atoms with Crippen molar-refractivity contribution < 1.29 is 14.6 Å². The molecule has 0 radical (unpaired) electrons. The first-order chi connectivity index (χ1) is 7.72. The average Bonchev–Trinajstić information content (AvgIpc) is 2.74. The Morgan fingerprint density at radius 3 is 2.81 bits per heavy atom. The SMILES string of the molecule is COC1CC(C(=O)O)N(c2ccncc2)C1. The quantitative estimate of drug-likeness (QED) is 0.818. The van der Waals surface area contributed by atoms with Gasteiger partial charge in [0.2, 0.25) is 0 Å². The van der Waals surface area contributed by atoms with E-state index in [0.717, 1.165) is 5.69 Å². The zero-order valence-electron chi connectivity index (χ0n) is 9.04. The predicted octanol–water partition coefficient (Wildman–Crippen LogP) is 0.760. The smallest absolute Gasteiger partial charge is 0.326 e. The van der Waals surface area contributed by atoms with E-state index in [-0.39, 0.29) is 6.10 Å². The Balaban J connectivity index is 2.22. The Kier molecular flexibility index (Phi) is 3.05. The number of aliphatic carboxylic acids is 1. The van der Waals surface area contributed by atoms with Crippen molar-refractivity contribution in [3.05, 3.63) is 24.5 Å². The highest BCUT2D eigenvalue weighted by Gasteiger charge is 2.36. The summed E-state index contributed by atoms with van der Waals surface area (Å²) < 4.78 is 5.22. The molecule has 2 rings (SSSR count). The van der Waals surface area contributed by atoms with Gasteiger partial charge in [0.1, 0.15) is 6.04 Å². The molecule has 0 aliphatic carbocycles. The summed E-state index contributed by atoms with van der Waals surface area (Å²) in [6.07, 6.45) is 3.82. The fourth-order valence-electron chi connectivity index (χ4n) is 2.02. The third-order valence-electron chi connectivity index (χ3n) is 2.88. The molecule has 0 amide bonds. The highest BCUT2D eigenvalue weighted by Crippen LogP contribution is 2.26. The third kappa shape index (κ3) is 1.99. The van der Waals surface area contributed by atoms with E-state index < -0.39 is 12.0 Å². The number of carboxylic acids is 1. The van der Waals surface area contributed by atoms with Crippen LogP contribution in [0.2, 0.25) is 0 Å². The molecule has 5 heteroatoms. The monoisotopic (exact) mass is 222 g/mol.